The Bertz CT molecular complexity index is 1510. The van der Waals surface area contributed by atoms with Gasteiger partial charge in [-0.05, 0) is 60.2 Å². The van der Waals surface area contributed by atoms with Crippen LogP contribution in [0, 0.1) is 11.6 Å². The Morgan fingerprint density at radius 1 is 0.789 bits per heavy atom. The summed E-state index contributed by atoms with van der Waals surface area (Å²) in [6, 6.07) is 22.7. The number of nitrogens with one attached hydrogen (secondary N) is 1. The number of urea groups is 1. The molecule has 0 fully saturated rings. The standard InChI is InChI=1S/C28H24F2N2O5S/c1-36-27-9-5-3-7-25(27)31-28(33)32(18-20-10-12-22(29)13-11-20)19-21-6-2-4-8-26(21)37-38(34,35)24-16-14-23(30)15-17-24/h2-17H,18-19H2,1H3,(H,31,33). The molecule has 196 valence electrons. The minimum atomic E-state index is -4.27. The molecule has 1 N–H and O–H groups in total. The number of rotatable bonds is 9. The second-order valence-electron chi connectivity index (χ2n) is 8.21. The number of ether oxygens (including phenoxy) is 1. The Balaban J connectivity index is 1.63. The fourth-order valence-electron chi connectivity index (χ4n) is 3.64. The van der Waals surface area contributed by atoms with E-state index in [2.05, 4.69) is 5.32 Å². The first-order chi connectivity index (χ1) is 18.2. The van der Waals surface area contributed by atoms with E-state index in [9.17, 15) is 22.0 Å². The van der Waals surface area contributed by atoms with Gasteiger partial charge >= 0.3 is 16.1 Å². The van der Waals surface area contributed by atoms with Crippen molar-refractivity contribution in [3.8, 4) is 11.5 Å². The van der Waals surface area contributed by atoms with Crippen LogP contribution in [0.4, 0.5) is 19.3 Å². The van der Waals surface area contributed by atoms with E-state index < -0.39 is 27.8 Å². The van der Waals surface area contributed by atoms with Crippen LogP contribution >= 0.6 is 0 Å². The summed E-state index contributed by atoms with van der Waals surface area (Å²) in [4.78, 5) is 14.6. The van der Waals surface area contributed by atoms with Gasteiger partial charge in [-0.1, -0.05) is 42.5 Å². The molecule has 2 amide bonds. The Labute approximate surface area is 219 Å². The molecule has 0 saturated carbocycles. The van der Waals surface area contributed by atoms with Crippen LogP contribution in [0.15, 0.2) is 102 Å². The fourth-order valence-corrected chi connectivity index (χ4v) is 4.61. The summed E-state index contributed by atoms with van der Waals surface area (Å²) in [7, 11) is -2.79. The van der Waals surface area contributed by atoms with E-state index in [1.54, 1.807) is 54.6 Å². The molecular weight excluding hydrogens is 514 g/mol. The molecule has 0 aromatic heterocycles. The van der Waals surface area contributed by atoms with Crippen LogP contribution < -0.4 is 14.2 Å². The van der Waals surface area contributed by atoms with Crippen molar-refractivity contribution >= 4 is 21.8 Å². The van der Waals surface area contributed by atoms with Crippen molar-refractivity contribution in [3.63, 3.8) is 0 Å². The fraction of sp³-hybridized carbons (Fsp3) is 0.107. The quantitative estimate of drug-likeness (QED) is 0.265. The van der Waals surface area contributed by atoms with Crippen molar-refractivity contribution in [2.24, 2.45) is 0 Å². The maximum absolute atomic E-state index is 13.5. The van der Waals surface area contributed by atoms with E-state index in [0.717, 1.165) is 24.3 Å². The number of hydrogen-bond acceptors (Lipinski definition) is 5. The minimum Gasteiger partial charge on any atom is -0.495 e. The van der Waals surface area contributed by atoms with Gasteiger partial charge in [0.25, 0.3) is 0 Å². The highest BCUT2D eigenvalue weighted by molar-refractivity contribution is 7.87. The molecule has 0 aliphatic rings. The molecular formula is C28H24F2N2O5S. The lowest BCUT2D eigenvalue weighted by atomic mass is 10.1. The van der Waals surface area contributed by atoms with Gasteiger partial charge < -0.3 is 19.1 Å². The highest BCUT2D eigenvalue weighted by Gasteiger charge is 2.22. The van der Waals surface area contributed by atoms with Crippen LogP contribution in [0.2, 0.25) is 0 Å². The Morgan fingerprint density at radius 3 is 2.03 bits per heavy atom. The summed E-state index contributed by atoms with van der Waals surface area (Å²) < 4.78 is 63.1. The van der Waals surface area contributed by atoms with Gasteiger partial charge in [0.05, 0.1) is 19.3 Å². The van der Waals surface area contributed by atoms with Crippen molar-refractivity contribution in [1.82, 2.24) is 4.90 Å². The Morgan fingerprint density at radius 2 is 1.37 bits per heavy atom. The molecule has 4 aromatic rings. The van der Waals surface area contributed by atoms with Crippen LogP contribution in [-0.2, 0) is 23.2 Å². The molecule has 4 rings (SSSR count). The van der Waals surface area contributed by atoms with Gasteiger partial charge in [0.15, 0.2) is 0 Å². The molecule has 0 aliphatic carbocycles. The highest BCUT2D eigenvalue weighted by Crippen LogP contribution is 2.27. The lowest BCUT2D eigenvalue weighted by Crippen LogP contribution is -2.34. The summed E-state index contributed by atoms with van der Waals surface area (Å²) >= 11 is 0. The predicted octanol–water partition coefficient (Wildman–Crippen LogP) is 5.98. The summed E-state index contributed by atoms with van der Waals surface area (Å²) in [6.07, 6.45) is 0. The van der Waals surface area contributed by atoms with Gasteiger partial charge in [-0.2, -0.15) is 8.42 Å². The van der Waals surface area contributed by atoms with Crippen LogP contribution in [0.3, 0.4) is 0 Å². The molecule has 4 aromatic carbocycles. The normalized spacial score (nSPS) is 11.0. The van der Waals surface area contributed by atoms with Gasteiger partial charge in [-0.15, -0.1) is 0 Å². The minimum absolute atomic E-state index is 0.00558. The molecule has 38 heavy (non-hydrogen) atoms. The maximum atomic E-state index is 13.5. The number of carbonyl (C=O) groups is 1. The number of amides is 2. The van der Waals surface area contributed by atoms with Crippen LogP contribution in [0.25, 0.3) is 0 Å². The van der Waals surface area contributed by atoms with E-state index in [1.807, 2.05) is 0 Å². The third-order valence-electron chi connectivity index (χ3n) is 5.56. The van der Waals surface area contributed by atoms with E-state index in [0.29, 0.717) is 22.6 Å². The molecule has 0 unspecified atom stereocenters. The number of anilines is 1. The third-order valence-corrected chi connectivity index (χ3v) is 6.81. The Hall–Kier alpha value is -4.44. The van der Waals surface area contributed by atoms with E-state index in [4.69, 9.17) is 8.92 Å². The second-order valence-corrected chi connectivity index (χ2v) is 9.76. The predicted molar refractivity (Wildman–Crippen MR) is 138 cm³/mol. The molecule has 0 spiro atoms. The number of halogens is 2. The molecule has 10 heteroatoms. The molecule has 0 bridgehead atoms. The van der Waals surface area contributed by atoms with Crippen molar-refractivity contribution in [3.05, 3.63) is 120 Å². The molecule has 0 radical (unpaired) electrons. The summed E-state index contributed by atoms with van der Waals surface area (Å²) in [5.74, 6) is -0.534. The number of hydrogen-bond donors (Lipinski definition) is 1. The van der Waals surface area contributed by atoms with Crippen LogP contribution in [0.1, 0.15) is 11.1 Å². The highest BCUT2D eigenvalue weighted by atomic mass is 32.2. The van der Waals surface area contributed by atoms with Crippen LogP contribution in [0.5, 0.6) is 11.5 Å². The number of methoxy groups -OCH3 is 1. The maximum Gasteiger partial charge on any atom is 0.339 e. The van der Waals surface area contributed by atoms with Gasteiger partial charge in [0.1, 0.15) is 28.0 Å². The molecule has 0 atom stereocenters. The zero-order valence-corrected chi connectivity index (χ0v) is 21.1. The zero-order valence-electron chi connectivity index (χ0n) is 20.3. The average molecular weight is 539 g/mol. The topological polar surface area (TPSA) is 84.9 Å². The first-order valence-electron chi connectivity index (χ1n) is 11.5. The monoisotopic (exact) mass is 538 g/mol. The number of nitrogens with zero attached hydrogens (tertiary/aromatic N) is 1. The number of carbonyl (C=O) groups excluding carboxylic acids is 1. The molecule has 0 saturated heterocycles. The van der Waals surface area contributed by atoms with Gasteiger partial charge in [-0.25, -0.2) is 13.6 Å². The third kappa shape index (κ3) is 6.65. The van der Waals surface area contributed by atoms with E-state index >= 15 is 0 Å². The molecule has 0 heterocycles. The Kier molecular flexibility index (Phi) is 8.22. The van der Waals surface area contributed by atoms with Crippen molar-refractivity contribution in [2.75, 3.05) is 12.4 Å². The van der Waals surface area contributed by atoms with E-state index in [-0.39, 0.29) is 23.7 Å². The van der Waals surface area contributed by atoms with Gasteiger partial charge in [-0.3, -0.25) is 0 Å². The zero-order chi connectivity index (χ0) is 27.1. The largest absolute Gasteiger partial charge is 0.495 e. The van der Waals surface area contributed by atoms with Gasteiger partial charge in [0, 0.05) is 12.1 Å². The SMILES string of the molecule is COc1ccccc1NC(=O)N(Cc1ccc(F)cc1)Cc1ccccc1OS(=O)(=O)c1ccc(F)cc1. The van der Waals surface area contributed by atoms with Crippen molar-refractivity contribution < 1.29 is 30.9 Å². The lowest BCUT2D eigenvalue weighted by Gasteiger charge is -2.25. The smallest absolute Gasteiger partial charge is 0.339 e. The van der Waals surface area contributed by atoms with Gasteiger partial charge in [0.2, 0.25) is 0 Å². The lowest BCUT2D eigenvalue weighted by molar-refractivity contribution is 0.206. The van der Waals surface area contributed by atoms with E-state index in [1.165, 1.54) is 30.2 Å². The summed E-state index contributed by atoms with van der Waals surface area (Å²) in [5.41, 5.74) is 1.49. The second kappa shape index (κ2) is 11.7. The first-order valence-corrected chi connectivity index (χ1v) is 12.9. The molecule has 7 nitrogen and oxygen atoms in total. The summed E-state index contributed by atoms with van der Waals surface area (Å²) in [5, 5.41) is 2.81. The van der Waals surface area contributed by atoms with Crippen LogP contribution in [-0.4, -0.2) is 26.5 Å². The van der Waals surface area contributed by atoms with Crippen molar-refractivity contribution in [2.45, 2.75) is 18.0 Å². The summed E-state index contributed by atoms with van der Waals surface area (Å²) in [6.45, 7) is 0.0355. The molecule has 0 aliphatic heterocycles. The number of benzene rings is 4. The first kappa shape index (κ1) is 26.6. The van der Waals surface area contributed by atoms with Crippen molar-refractivity contribution in [1.29, 1.82) is 0 Å². The average Bonchev–Trinajstić information content (AvgIpc) is 2.91. The number of para-hydroxylation sites is 3.